The van der Waals surface area contributed by atoms with Gasteiger partial charge in [0, 0.05) is 13.2 Å². The second-order valence-corrected chi connectivity index (χ2v) is 12.6. The van der Waals surface area contributed by atoms with E-state index < -0.39 is 8.32 Å². The van der Waals surface area contributed by atoms with Gasteiger partial charge >= 0.3 is 0 Å². The third kappa shape index (κ3) is 5.19. The van der Waals surface area contributed by atoms with Gasteiger partial charge in [0.1, 0.15) is 0 Å². The Kier molecular flexibility index (Phi) is 7.21. The molecule has 0 bridgehead atoms. The number of aromatic nitrogens is 3. The van der Waals surface area contributed by atoms with Crippen LogP contribution in [0.1, 0.15) is 27.2 Å². The van der Waals surface area contributed by atoms with E-state index in [1.807, 2.05) is 12.1 Å². The van der Waals surface area contributed by atoms with Crippen LogP contribution in [0.25, 0.3) is 0 Å². The number of nitrogens with one attached hydrogen (secondary N) is 2. The highest BCUT2D eigenvalue weighted by molar-refractivity contribution is 6.99. The molecule has 31 heavy (non-hydrogen) atoms. The third-order valence-electron chi connectivity index (χ3n) is 5.12. The highest BCUT2D eigenvalue weighted by Gasteiger charge is 2.49. The van der Waals surface area contributed by atoms with Gasteiger partial charge in [0.25, 0.3) is 8.32 Å². The van der Waals surface area contributed by atoms with Gasteiger partial charge in [-0.05, 0) is 21.8 Å². The van der Waals surface area contributed by atoms with Crippen molar-refractivity contribution in [3.63, 3.8) is 0 Å². The molecule has 0 aliphatic rings. The lowest BCUT2D eigenvalue weighted by molar-refractivity contribution is 0.295. The quantitative estimate of drug-likeness (QED) is 0.174. The first-order chi connectivity index (χ1) is 14.9. The molecule has 0 amide bonds. The fourth-order valence-corrected chi connectivity index (χ4v) is 8.40. The molecule has 0 aliphatic carbocycles. The van der Waals surface area contributed by atoms with Gasteiger partial charge in [-0.3, -0.25) is 5.43 Å². The summed E-state index contributed by atoms with van der Waals surface area (Å²) in [7, 11) is -2.52. The number of rotatable bonds is 9. The van der Waals surface area contributed by atoms with Gasteiger partial charge in [-0.15, -0.1) is 0 Å². The molecule has 0 fully saturated rings. The first-order valence-corrected chi connectivity index (χ1v) is 12.2. The van der Waals surface area contributed by atoms with Gasteiger partial charge in [0.2, 0.25) is 17.8 Å². The van der Waals surface area contributed by atoms with Crippen molar-refractivity contribution in [3.8, 4) is 0 Å². The molecular weight excluding hydrogens is 406 g/mol. The van der Waals surface area contributed by atoms with Crippen LogP contribution in [-0.4, -0.2) is 36.4 Å². The minimum absolute atomic E-state index is 0.0481. The van der Waals surface area contributed by atoms with Crippen LogP contribution in [0.15, 0.2) is 60.7 Å². The number of hydrogen-bond acceptors (Lipinski definition) is 8. The van der Waals surface area contributed by atoms with Crippen molar-refractivity contribution in [2.24, 2.45) is 5.84 Å². The average molecular weight is 438 g/mol. The largest absolute Gasteiger partial charge is 0.407 e. The molecular formula is C22H31N7OSi. The first kappa shape index (κ1) is 22.7. The molecule has 0 saturated heterocycles. The summed E-state index contributed by atoms with van der Waals surface area (Å²) in [5.74, 6) is 6.07. The highest BCUT2D eigenvalue weighted by atomic mass is 28.4. The van der Waals surface area contributed by atoms with E-state index in [0.717, 1.165) is 6.42 Å². The van der Waals surface area contributed by atoms with Crippen molar-refractivity contribution in [2.75, 3.05) is 29.6 Å². The zero-order chi connectivity index (χ0) is 22.3. The summed E-state index contributed by atoms with van der Waals surface area (Å²) in [5, 5.41) is 5.65. The van der Waals surface area contributed by atoms with E-state index in [-0.39, 0.29) is 16.9 Å². The van der Waals surface area contributed by atoms with Gasteiger partial charge in [-0.1, -0.05) is 81.4 Å². The molecule has 0 atom stereocenters. The van der Waals surface area contributed by atoms with Crippen LogP contribution in [0.2, 0.25) is 5.04 Å². The Morgan fingerprint density at radius 2 is 1.42 bits per heavy atom. The Balaban J connectivity index is 1.76. The molecule has 1 heterocycles. The zero-order valence-corrected chi connectivity index (χ0v) is 19.3. The van der Waals surface area contributed by atoms with Crippen molar-refractivity contribution < 1.29 is 4.43 Å². The van der Waals surface area contributed by atoms with E-state index in [0.29, 0.717) is 19.1 Å². The highest BCUT2D eigenvalue weighted by Crippen LogP contribution is 2.36. The Morgan fingerprint density at radius 1 is 0.871 bits per heavy atom. The number of nitrogen functional groups attached to an aromatic ring is 2. The maximum absolute atomic E-state index is 6.86. The summed E-state index contributed by atoms with van der Waals surface area (Å²) in [6.07, 6.45) is 0.779. The number of anilines is 3. The van der Waals surface area contributed by atoms with Crippen LogP contribution < -0.4 is 32.7 Å². The first-order valence-electron chi connectivity index (χ1n) is 10.3. The van der Waals surface area contributed by atoms with E-state index in [9.17, 15) is 0 Å². The number of benzene rings is 2. The molecule has 0 saturated carbocycles. The van der Waals surface area contributed by atoms with Gasteiger partial charge in [0.15, 0.2) is 0 Å². The molecule has 164 valence electrons. The average Bonchev–Trinajstić information content (AvgIpc) is 2.76. The Morgan fingerprint density at radius 3 is 1.94 bits per heavy atom. The predicted octanol–water partition coefficient (Wildman–Crippen LogP) is 2.12. The van der Waals surface area contributed by atoms with Crippen LogP contribution >= 0.6 is 0 Å². The monoisotopic (exact) mass is 437 g/mol. The standard InChI is InChI=1S/C22H31N7OSi/c1-22(2,3)31(17-11-6-4-7-12-17,18-13-8-5-9-14-18)30-16-10-15-25-20-26-19(23)27-21(28-20)29-24/h4-9,11-14H,10,15-16,24H2,1-3H3,(H4,23,25,26,27,28,29). The second-order valence-electron chi connectivity index (χ2n) is 8.28. The summed E-state index contributed by atoms with van der Waals surface area (Å²) >= 11 is 0. The molecule has 0 aliphatic heterocycles. The van der Waals surface area contributed by atoms with E-state index in [1.165, 1.54) is 10.4 Å². The fourth-order valence-electron chi connectivity index (χ4n) is 3.80. The minimum atomic E-state index is -2.52. The smallest absolute Gasteiger partial charge is 0.261 e. The Hall–Kier alpha value is -3.01. The molecule has 0 spiro atoms. The van der Waals surface area contributed by atoms with Gasteiger partial charge in [0.05, 0.1) is 0 Å². The summed E-state index contributed by atoms with van der Waals surface area (Å²) < 4.78 is 6.86. The number of hydrazine groups is 1. The minimum Gasteiger partial charge on any atom is -0.407 e. The van der Waals surface area contributed by atoms with Crippen LogP contribution in [0.3, 0.4) is 0 Å². The van der Waals surface area contributed by atoms with Gasteiger partial charge in [-0.2, -0.15) is 15.0 Å². The molecule has 6 N–H and O–H groups in total. The molecule has 0 radical (unpaired) electrons. The summed E-state index contributed by atoms with van der Waals surface area (Å²) in [6.45, 7) is 8.04. The molecule has 3 aromatic rings. The van der Waals surface area contributed by atoms with E-state index in [4.69, 9.17) is 16.0 Å². The van der Waals surface area contributed by atoms with Gasteiger partial charge in [-0.25, -0.2) is 5.84 Å². The zero-order valence-electron chi connectivity index (χ0n) is 18.3. The van der Waals surface area contributed by atoms with E-state index in [2.05, 4.69) is 95.0 Å². The maximum Gasteiger partial charge on any atom is 0.261 e. The van der Waals surface area contributed by atoms with Crippen molar-refractivity contribution in [3.05, 3.63) is 60.7 Å². The summed E-state index contributed by atoms with van der Waals surface area (Å²) in [4.78, 5) is 12.1. The molecule has 9 heteroatoms. The Bertz CT molecular complexity index is 925. The SMILES string of the molecule is CC(C)(C)[Si](OCCCNc1nc(N)nc(NN)n1)(c1ccccc1)c1ccccc1. The third-order valence-corrected chi connectivity index (χ3v) is 10.2. The number of nitrogens with two attached hydrogens (primary N) is 2. The maximum atomic E-state index is 6.86. The van der Waals surface area contributed by atoms with Crippen LogP contribution in [0.4, 0.5) is 17.8 Å². The lowest BCUT2D eigenvalue weighted by Crippen LogP contribution is -2.66. The second kappa shape index (κ2) is 9.86. The van der Waals surface area contributed by atoms with Crippen molar-refractivity contribution >= 4 is 36.5 Å². The molecule has 2 aromatic carbocycles. The molecule has 8 nitrogen and oxygen atoms in total. The van der Waals surface area contributed by atoms with Crippen LogP contribution in [0, 0.1) is 0 Å². The van der Waals surface area contributed by atoms with Crippen molar-refractivity contribution in [1.82, 2.24) is 15.0 Å². The van der Waals surface area contributed by atoms with Crippen LogP contribution in [-0.2, 0) is 4.43 Å². The summed E-state index contributed by atoms with van der Waals surface area (Å²) in [5.41, 5.74) is 8.06. The van der Waals surface area contributed by atoms with Gasteiger partial charge < -0.3 is 15.5 Å². The normalized spacial score (nSPS) is 11.9. The Labute approximate surface area is 184 Å². The van der Waals surface area contributed by atoms with Crippen molar-refractivity contribution in [2.45, 2.75) is 32.2 Å². The molecule has 3 rings (SSSR count). The topological polar surface area (TPSA) is 124 Å². The molecule has 1 aromatic heterocycles. The number of hydrogen-bond donors (Lipinski definition) is 4. The van der Waals surface area contributed by atoms with E-state index in [1.54, 1.807) is 0 Å². The lowest BCUT2D eigenvalue weighted by atomic mass is 10.2. The van der Waals surface area contributed by atoms with Crippen molar-refractivity contribution in [1.29, 1.82) is 0 Å². The number of nitrogens with zero attached hydrogens (tertiary/aromatic N) is 3. The fraction of sp³-hybridized carbons (Fsp3) is 0.318. The predicted molar refractivity (Wildman–Crippen MR) is 129 cm³/mol. The van der Waals surface area contributed by atoms with E-state index >= 15 is 0 Å². The lowest BCUT2D eigenvalue weighted by Gasteiger charge is -2.43. The van der Waals surface area contributed by atoms with Crippen LogP contribution in [0.5, 0.6) is 0 Å². The summed E-state index contributed by atoms with van der Waals surface area (Å²) in [6, 6.07) is 21.2. The molecule has 0 unspecified atom stereocenters.